The van der Waals surface area contributed by atoms with Crippen LogP contribution in [0.4, 0.5) is 0 Å². The van der Waals surface area contributed by atoms with Gasteiger partial charge in [0.05, 0.1) is 6.54 Å². The Morgan fingerprint density at radius 1 is 1.19 bits per heavy atom. The highest BCUT2D eigenvalue weighted by molar-refractivity contribution is 8.24. The second-order valence-corrected chi connectivity index (χ2v) is 9.52. The van der Waals surface area contributed by atoms with Gasteiger partial charge in [-0.15, -0.1) is 0 Å². The van der Waals surface area contributed by atoms with E-state index in [0.717, 1.165) is 5.56 Å². The lowest BCUT2D eigenvalue weighted by Crippen LogP contribution is -2.62. The Bertz CT molecular complexity index is 869. The summed E-state index contributed by atoms with van der Waals surface area (Å²) >= 11 is 12.8. The number of carbonyl (C=O) groups is 2. The third-order valence-corrected chi connectivity index (χ3v) is 6.22. The van der Waals surface area contributed by atoms with Gasteiger partial charge in [-0.1, -0.05) is 65.9 Å². The van der Waals surface area contributed by atoms with E-state index >= 15 is 0 Å². The van der Waals surface area contributed by atoms with Crippen LogP contribution in [0.2, 0.25) is 5.02 Å². The van der Waals surface area contributed by atoms with E-state index in [1.54, 1.807) is 41.3 Å². The highest BCUT2D eigenvalue weighted by atomic mass is 35.5. The van der Waals surface area contributed by atoms with Gasteiger partial charge in [-0.3, -0.25) is 14.5 Å². The lowest BCUT2D eigenvalue weighted by Gasteiger charge is -2.42. The number of halogens is 1. The van der Waals surface area contributed by atoms with Crippen LogP contribution >= 0.6 is 35.6 Å². The molecule has 1 atom stereocenters. The van der Waals surface area contributed by atoms with Crippen LogP contribution in [-0.4, -0.2) is 31.8 Å². The van der Waals surface area contributed by atoms with Crippen molar-refractivity contribution in [1.82, 2.24) is 10.2 Å². The molecule has 2 aromatic carbocycles. The van der Waals surface area contributed by atoms with Crippen molar-refractivity contribution in [2.24, 2.45) is 0 Å². The summed E-state index contributed by atoms with van der Waals surface area (Å²) in [6, 6.07) is 15.5. The van der Waals surface area contributed by atoms with Crippen LogP contribution in [0.15, 0.2) is 54.6 Å². The largest absolute Gasteiger partial charge is 0.339 e. The van der Waals surface area contributed by atoms with Crippen LogP contribution < -0.4 is 5.32 Å². The molecule has 0 spiro atoms. The third-order valence-electron chi connectivity index (χ3n) is 4.34. The fourth-order valence-corrected chi connectivity index (χ4v) is 4.75. The van der Waals surface area contributed by atoms with Gasteiger partial charge in [0.15, 0.2) is 0 Å². The van der Waals surface area contributed by atoms with Crippen LogP contribution in [0.25, 0.3) is 0 Å². The second kappa shape index (κ2) is 8.00. The van der Waals surface area contributed by atoms with E-state index in [9.17, 15) is 9.59 Å². The topological polar surface area (TPSA) is 49.4 Å². The number of nitrogens with one attached hydrogen (secondary N) is 1. The van der Waals surface area contributed by atoms with Crippen molar-refractivity contribution in [1.29, 1.82) is 0 Å². The van der Waals surface area contributed by atoms with Crippen LogP contribution in [0.3, 0.4) is 0 Å². The lowest BCUT2D eigenvalue weighted by molar-refractivity contribution is -0.130. The zero-order valence-corrected chi connectivity index (χ0v) is 17.3. The molecule has 3 rings (SSSR count). The zero-order valence-electron chi connectivity index (χ0n) is 14.9. The molecule has 4 nitrogen and oxygen atoms in total. The van der Waals surface area contributed by atoms with Crippen LogP contribution in [0.5, 0.6) is 0 Å². The molecule has 1 aliphatic rings. The smallest absolute Gasteiger partial charge is 0.252 e. The van der Waals surface area contributed by atoms with Gasteiger partial charge in [-0.05, 0) is 43.7 Å². The number of hydrogen-bond donors (Lipinski definition) is 1. The number of hydrogen-bond acceptors (Lipinski definition) is 4. The first-order chi connectivity index (χ1) is 12.8. The Morgan fingerprint density at radius 2 is 1.81 bits per heavy atom. The van der Waals surface area contributed by atoms with Gasteiger partial charge >= 0.3 is 0 Å². The van der Waals surface area contributed by atoms with Crippen molar-refractivity contribution in [3.05, 3.63) is 70.7 Å². The quantitative estimate of drug-likeness (QED) is 0.753. The molecular formula is C20H19ClN2O2S2. The van der Waals surface area contributed by atoms with Gasteiger partial charge < -0.3 is 5.32 Å². The molecule has 0 saturated carbocycles. The van der Waals surface area contributed by atoms with E-state index in [1.807, 2.05) is 32.0 Å². The third kappa shape index (κ3) is 4.51. The molecule has 1 saturated heterocycles. The zero-order chi connectivity index (χ0) is 19.6. The predicted octanol–water partition coefficient (Wildman–Crippen LogP) is 4.28. The first kappa shape index (κ1) is 19.9. The maximum Gasteiger partial charge on any atom is 0.252 e. The number of benzene rings is 2. The molecule has 140 valence electrons. The van der Waals surface area contributed by atoms with Gasteiger partial charge in [-0.2, -0.15) is 0 Å². The summed E-state index contributed by atoms with van der Waals surface area (Å²) < 4.78 is -0.0417. The normalized spacial score (nSPS) is 19.1. The van der Waals surface area contributed by atoms with Crippen LogP contribution in [0, 0.1) is 0 Å². The maximum atomic E-state index is 13.2. The monoisotopic (exact) mass is 418 g/mol. The number of rotatable bonds is 4. The van der Waals surface area contributed by atoms with E-state index in [2.05, 4.69) is 5.32 Å². The molecule has 1 fully saturated rings. The number of thioether (sulfide) groups is 1. The maximum absolute atomic E-state index is 13.2. The summed E-state index contributed by atoms with van der Waals surface area (Å²) in [4.78, 5) is 27.3. The van der Waals surface area contributed by atoms with Crippen LogP contribution in [0.1, 0.15) is 29.8 Å². The standard InChI is InChI=1S/C20H19ClN2O2S2/c1-20(2)16(22-17(24)14-6-4-3-5-7-14)18(25)23(19(26)27-20)12-13-8-10-15(21)11-9-13/h3-11,16H,12H2,1-2H3,(H,22,24). The number of thiocarbonyl (C=S) groups is 1. The van der Waals surface area contributed by atoms with Gasteiger partial charge in [0.25, 0.3) is 11.8 Å². The predicted molar refractivity (Wildman–Crippen MR) is 114 cm³/mol. The average molecular weight is 419 g/mol. The van der Waals surface area contributed by atoms with Crippen LogP contribution in [-0.2, 0) is 11.3 Å². The van der Waals surface area contributed by atoms with Crippen molar-refractivity contribution < 1.29 is 9.59 Å². The summed E-state index contributed by atoms with van der Waals surface area (Å²) in [7, 11) is 0. The van der Waals surface area contributed by atoms with Crippen molar-refractivity contribution in [2.75, 3.05) is 0 Å². The van der Waals surface area contributed by atoms with Gasteiger partial charge in [0, 0.05) is 15.3 Å². The fraction of sp³-hybridized carbons (Fsp3) is 0.250. The van der Waals surface area contributed by atoms with Gasteiger partial charge in [0.1, 0.15) is 10.4 Å². The Hall–Kier alpha value is -1.89. The highest BCUT2D eigenvalue weighted by Crippen LogP contribution is 2.37. The van der Waals surface area contributed by atoms with Gasteiger partial charge in [0.2, 0.25) is 0 Å². The van der Waals surface area contributed by atoms with E-state index < -0.39 is 10.8 Å². The molecule has 2 aromatic rings. The second-order valence-electron chi connectivity index (χ2n) is 6.79. The molecule has 0 aromatic heterocycles. The summed E-state index contributed by atoms with van der Waals surface area (Å²) in [5, 5.41) is 3.52. The fourth-order valence-electron chi connectivity index (χ4n) is 2.84. The SMILES string of the molecule is CC1(C)SC(=S)N(Cc2ccc(Cl)cc2)C(=O)C1NC(=O)c1ccccc1. The summed E-state index contributed by atoms with van der Waals surface area (Å²) in [6.07, 6.45) is 0. The molecule has 0 aliphatic carbocycles. The molecule has 2 amide bonds. The number of carbonyl (C=O) groups excluding carboxylic acids is 2. The Kier molecular flexibility index (Phi) is 5.89. The molecule has 1 unspecified atom stereocenters. The Labute approximate surface area is 173 Å². The number of amides is 2. The first-order valence-corrected chi connectivity index (χ1v) is 10.0. The summed E-state index contributed by atoms with van der Waals surface area (Å²) in [6.45, 7) is 4.17. The molecular weight excluding hydrogens is 400 g/mol. The lowest BCUT2D eigenvalue weighted by atomic mass is 10.00. The molecule has 1 N–H and O–H groups in total. The van der Waals surface area contributed by atoms with E-state index in [4.69, 9.17) is 23.8 Å². The van der Waals surface area contributed by atoms with E-state index in [1.165, 1.54) is 11.8 Å². The van der Waals surface area contributed by atoms with E-state index in [-0.39, 0.29) is 11.8 Å². The molecule has 0 radical (unpaired) electrons. The summed E-state index contributed by atoms with van der Waals surface area (Å²) in [5.74, 6) is -0.482. The molecule has 27 heavy (non-hydrogen) atoms. The summed E-state index contributed by atoms with van der Waals surface area (Å²) in [5.41, 5.74) is 1.44. The van der Waals surface area contributed by atoms with Crippen molar-refractivity contribution in [2.45, 2.75) is 31.2 Å². The average Bonchev–Trinajstić information content (AvgIpc) is 2.64. The molecule has 7 heteroatoms. The molecule has 1 heterocycles. The Balaban J connectivity index is 1.81. The van der Waals surface area contributed by atoms with Crippen molar-refractivity contribution >= 4 is 51.7 Å². The first-order valence-electron chi connectivity index (χ1n) is 8.42. The minimum Gasteiger partial charge on any atom is -0.339 e. The Morgan fingerprint density at radius 3 is 2.44 bits per heavy atom. The molecule has 1 aliphatic heterocycles. The highest BCUT2D eigenvalue weighted by Gasteiger charge is 2.46. The minimum absolute atomic E-state index is 0.206. The molecule has 0 bridgehead atoms. The van der Waals surface area contributed by atoms with E-state index in [0.29, 0.717) is 21.5 Å². The van der Waals surface area contributed by atoms with Gasteiger partial charge in [-0.25, -0.2) is 0 Å². The van der Waals surface area contributed by atoms with Crippen molar-refractivity contribution in [3.63, 3.8) is 0 Å². The number of nitrogens with zero attached hydrogens (tertiary/aromatic N) is 1. The minimum atomic E-state index is -0.686. The van der Waals surface area contributed by atoms with Crippen molar-refractivity contribution in [3.8, 4) is 0 Å².